The molecule has 37 heavy (non-hydrogen) atoms. The Balaban J connectivity index is 1.58. The number of nitrogens with one attached hydrogen (secondary N) is 1. The highest BCUT2D eigenvalue weighted by molar-refractivity contribution is 7.18. The minimum atomic E-state index is -0.383. The second kappa shape index (κ2) is 9.01. The van der Waals surface area contributed by atoms with E-state index in [1.54, 1.807) is 11.3 Å². The Morgan fingerprint density at radius 2 is 1.68 bits per heavy atom. The Morgan fingerprint density at radius 1 is 0.946 bits per heavy atom. The SMILES string of the molecule is Cc1nc2ccc(-c3c(O)[nH]c4c(-c5ccccc5)c(-c5ccc(CC(C)C)cc5)nn4c3=O)cc2s1. The van der Waals surface area contributed by atoms with Crippen molar-refractivity contribution in [2.24, 2.45) is 5.92 Å². The number of H-pyrrole nitrogens is 1. The summed E-state index contributed by atoms with van der Waals surface area (Å²) in [6.07, 6.45) is 0.996. The third-order valence-corrected chi connectivity index (χ3v) is 7.42. The number of fused-ring (bicyclic) bond motifs is 2. The number of hydrogen-bond acceptors (Lipinski definition) is 5. The maximum absolute atomic E-state index is 13.8. The Hall–Kier alpha value is -4.23. The Labute approximate surface area is 217 Å². The minimum absolute atomic E-state index is 0.182. The van der Waals surface area contributed by atoms with Gasteiger partial charge < -0.3 is 10.1 Å². The molecule has 6 aromatic rings. The standard InChI is InChI=1S/C30H26N4O2S/c1-17(2)15-19-9-11-21(12-10-19)27-25(20-7-5-4-6-8-20)28-32-29(35)26(30(36)34(28)33-27)22-13-14-23-24(16-22)37-18(3)31-23/h4-14,16-17,32,35H,15H2,1-3H3. The average Bonchev–Trinajstić information content (AvgIpc) is 3.44. The second-order valence-corrected chi connectivity index (χ2v) is 10.9. The number of aromatic amines is 1. The topological polar surface area (TPSA) is 83.3 Å². The van der Waals surface area contributed by atoms with Gasteiger partial charge in [-0.2, -0.15) is 9.61 Å². The molecule has 0 aliphatic rings. The summed E-state index contributed by atoms with van der Waals surface area (Å²) >= 11 is 1.55. The first-order valence-corrected chi connectivity index (χ1v) is 13.1. The fraction of sp³-hybridized carbons (Fsp3) is 0.167. The van der Waals surface area contributed by atoms with E-state index in [4.69, 9.17) is 5.10 Å². The summed E-state index contributed by atoms with van der Waals surface area (Å²) in [6.45, 7) is 6.35. The molecular weight excluding hydrogens is 480 g/mol. The predicted molar refractivity (Wildman–Crippen MR) is 150 cm³/mol. The van der Waals surface area contributed by atoms with E-state index in [2.05, 4.69) is 48.1 Å². The van der Waals surface area contributed by atoms with Crippen LogP contribution in [0.2, 0.25) is 0 Å². The number of thiazole rings is 1. The lowest BCUT2D eigenvalue weighted by Crippen LogP contribution is -2.17. The van der Waals surface area contributed by atoms with E-state index >= 15 is 0 Å². The van der Waals surface area contributed by atoms with Crippen molar-refractivity contribution < 1.29 is 5.11 Å². The molecule has 0 radical (unpaired) electrons. The summed E-state index contributed by atoms with van der Waals surface area (Å²) in [5.74, 6) is 0.377. The zero-order valence-corrected chi connectivity index (χ0v) is 21.6. The first-order valence-electron chi connectivity index (χ1n) is 12.3. The number of nitrogens with zero attached hydrogens (tertiary/aromatic N) is 3. The zero-order valence-electron chi connectivity index (χ0n) is 20.8. The van der Waals surface area contributed by atoms with Gasteiger partial charge in [0.15, 0.2) is 0 Å². The fourth-order valence-corrected chi connectivity index (χ4v) is 5.73. The molecule has 0 unspecified atom stereocenters. The number of hydrogen-bond donors (Lipinski definition) is 2. The Morgan fingerprint density at radius 3 is 2.41 bits per heavy atom. The molecule has 7 heteroatoms. The van der Waals surface area contributed by atoms with Gasteiger partial charge in [0.25, 0.3) is 5.56 Å². The summed E-state index contributed by atoms with van der Waals surface area (Å²) in [7, 11) is 0. The van der Waals surface area contributed by atoms with Gasteiger partial charge in [0.1, 0.15) is 16.9 Å². The molecular formula is C30H26N4O2S. The number of aromatic hydroxyl groups is 1. The fourth-order valence-electron chi connectivity index (χ4n) is 4.87. The molecule has 0 aliphatic carbocycles. The van der Waals surface area contributed by atoms with Crippen LogP contribution in [0.25, 0.3) is 49.4 Å². The predicted octanol–water partition coefficient (Wildman–Crippen LogP) is 6.85. The van der Waals surface area contributed by atoms with Crippen molar-refractivity contribution in [1.29, 1.82) is 0 Å². The quantitative estimate of drug-likeness (QED) is 0.268. The van der Waals surface area contributed by atoms with Gasteiger partial charge in [-0.05, 0) is 48.1 Å². The van der Waals surface area contributed by atoms with Crippen LogP contribution >= 0.6 is 11.3 Å². The van der Waals surface area contributed by atoms with Gasteiger partial charge in [-0.3, -0.25) is 4.79 Å². The maximum atomic E-state index is 13.8. The molecule has 0 spiro atoms. The molecule has 6 rings (SSSR count). The molecule has 0 saturated carbocycles. The number of rotatable bonds is 5. The summed E-state index contributed by atoms with van der Waals surface area (Å²) in [6, 6.07) is 23.7. The van der Waals surface area contributed by atoms with Gasteiger partial charge in [-0.15, -0.1) is 11.3 Å². The molecule has 0 fully saturated rings. The van der Waals surface area contributed by atoms with Crippen LogP contribution in [-0.4, -0.2) is 24.7 Å². The maximum Gasteiger partial charge on any atom is 0.286 e. The van der Waals surface area contributed by atoms with E-state index in [-0.39, 0.29) is 17.0 Å². The summed E-state index contributed by atoms with van der Waals surface area (Å²) in [5, 5.41) is 16.8. The van der Waals surface area contributed by atoms with Crippen molar-refractivity contribution in [3.8, 4) is 39.4 Å². The Kier molecular flexibility index (Phi) is 5.65. The minimum Gasteiger partial charge on any atom is -0.494 e. The smallest absolute Gasteiger partial charge is 0.286 e. The highest BCUT2D eigenvalue weighted by Gasteiger charge is 2.23. The molecule has 3 aromatic carbocycles. The summed E-state index contributed by atoms with van der Waals surface area (Å²) < 4.78 is 2.33. The normalized spacial score (nSPS) is 11.7. The molecule has 184 valence electrons. The number of benzene rings is 3. The zero-order chi connectivity index (χ0) is 25.7. The molecule has 3 aromatic heterocycles. The van der Waals surface area contributed by atoms with Gasteiger partial charge in [0.2, 0.25) is 5.88 Å². The van der Waals surface area contributed by atoms with Crippen molar-refractivity contribution in [1.82, 2.24) is 19.6 Å². The molecule has 0 aliphatic heterocycles. The van der Waals surface area contributed by atoms with E-state index in [1.807, 2.05) is 55.5 Å². The van der Waals surface area contributed by atoms with Crippen LogP contribution in [0.15, 0.2) is 77.6 Å². The van der Waals surface area contributed by atoms with E-state index < -0.39 is 0 Å². The van der Waals surface area contributed by atoms with E-state index in [0.29, 0.717) is 22.8 Å². The van der Waals surface area contributed by atoms with Gasteiger partial charge in [0.05, 0.1) is 20.8 Å². The molecule has 0 atom stereocenters. The summed E-state index contributed by atoms with van der Waals surface area (Å²) in [5.41, 5.74) is 6.26. The lowest BCUT2D eigenvalue weighted by molar-refractivity contribution is 0.455. The molecule has 0 bridgehead atoms. The van der Waals surface area contributed by atoms with Crippen molar-refractivity contribution in [3.63, 3.8) is 0 Å². The van der Waals surface area contributed by atoms with Crippen LogP contribution in [0.4, 0.5) is 0 Å². The molecule has 0 amide bonds. The van der Waals surface area contributed by atoms with Crippen LogP contribution in [0.1, 0.15) is 24.4 Å². The van der Waals surface area contributed by atoms with Crippen LogP contribution in [-0.2, 0) is 6.42 Å². The third-order valence-electron chi connectivity index (χ3n) is 6.48. The lowest BCUT2D eigenvalue weighted by atomic mass is 9.98. The van der Waals surface area contributed by atoms with Crippen molar-refractivity contribution in [3.05, 3.63) is 93.7 Å². The van der Waals surface area contributed by atoms with Crippen LogP contribution in [0.5, 0.6) is 5.88 Å². The highest BCUT2D eigenvalue weighted by atomic mass is 32.1. The van der Waals surface area contributed by atoms with Crippen LogP contribution < -0.4 is 5.56 Å². The Bertz CT molecular complexity index is 1810. The molecule has 6 nitrogen and oxygen atoms in total. The van der Waals surface area contributed by atoms with Crippen LogP contribution in [0, 0.1) is 12.8 Å². The first-order chi connectivity index (χ1) is 17.9. The van der Waals surface area contributed by atoms with Gasteiger partial charge >= 0.3 is 0 Å². The van der Waals surface area contributed by atoms with Crippen molar-refractivity contribution in [2.45, 2.75) is 27.2 Å². The summed E-state index contributed by atoms with van der Waals surface area (Å²) in [4.78, 5) is 21.4. The third kappa shape index (κ3) is 4.11. The van der Waals surface area contributed by atoms with Crippen molar-refractivity contribution >= 4 is 27.2 Å². The van der Waals surface area contributed by atoms with E-state index in [1.165, 1.54) is 10.1 Å². The first kappa shape index (κ1) is 23.2. The largest absolute Gasteiger partial charge is 0.494 e. The van der Waals surface area contributed by atoms with E-state index in [0.717, 1.165) is 38.3 Å². The average molecular weight is 507 g/mol. The van der Waals surface area contributed by atoms with Crippen molar-refractivity contribution in [2.75, 3.05) is 0 Å². The highest BCUT2D eigenvalue weighted by Crippen LogP contribution is 2.36. The number of aromatic nitrogens is 4. The van der Waals surface area contributed by atoms with Gasteiger partial charge in [-0.1, -0.05) is 74.5 Å². The van der Waals surface area contributed by atoms with Gasteiger partial charge in [0, 0.05) is 5.56 Å². The monoisotopic (exact) mass is 506 g/mol. The molecule has 0 saturated heterocycles. The molecule has 3 heterocycles. The van der Waals surface area contributed by atoms with E-state index in [9.17, 15) is 9.90 Å². The van der Waals surface area contributed by atoms with Crippen LogP contribution in [0.3, 0.4) is 0 Å². The van der Waals surface area contributed by atoms with Gasteiger partial charge in [-0.25, -0.2) is 4.98 Å². The number of aryl methyl sites for hydroxylation is 1. The lowest BCUT2D eigenvalue weighted by Gasteiger charge is -2.08. The molecule has 2 N–H and O–H groups in total. The second-order valence-electron chi connectivity index (χ2n) is 9.71.